The molecule has 0 aliphatic carbocycles. The van der Waals surface area contributed by atoms with Crippen LogP contribution >= 0.6 is 11.8 Å². The highest BCUT2D eigenvalue weighted by Gasteiger charge is 2.02. The molecule has 2 rings (SSSR count). The van der Waals surface area contributed by atoms with Crippen molar-refractivity contribution >= 4 is 11.8 Å². The SMILES string of the molecule is CCCCCCCCCCCCCc1ccc(-c2ccc(SCCCCCCCCCC)cc2)nc1. The number of aryl methyl sites for hydroxylation is 1. The first-order valence-electron chi connectivity index (χ1n) is 15.5. The number of aromatic nitrogens is 1. The molecule has 2 aromatic rings. The van der Waals surface area contributed by atoms with E-state index >= 15 is 0 Å². The molecule has 202 valence electrons. The second kappa shape index (κ2) is 21.8. The fourth-order valence-corrected chi connectivity index (χ4v) is 5.80. The number of benzene rings is 1. The molecular weight excluding hydrogens is 454 g/mol. The van der Waals surface area contributed by atoms with E-state index in [4.69, 9.17) is 4.98 Å². The Morgan fingerprint density at radius 2 is 1.03 bits per heavy atom. The Labute approximate surface area is 228 Å². The molecule has 2 heteroatoms. The molecule has 1 nitrogen and oxygen atoms in total. The smallest absolute Gasteiger partial charge is 0.0702 e. The lowest BCUT2D eigenvalue weighted by Gasteiger charge is -2.06. The van der Waals surface area contributed by atoms with Gasteiger partial charge in [0.05, 0.1) is 5.69 Å². The van der Waals surface area contributed by atoms with Crippen molar-refractivity contribution in [3.63, 3.8) is 0 Å². The molecule has 0 amide bonds. The predicted molar refractivity (Wildman–Crippen MR) is 163 cm³/mol. The van der Waals surface area contributed by atoms with Crippen LogP contribution < -0.4 is 0 Å². The van der Waals surface area contributed by atoms with E-state index in [1.54, 1.807) is 0 Å². The minimum atomic E-state index is 1.09. The van der Waals surface area contributed by atoms with E-state index in [1.165, 1.54) is 150 Å². The quantitative estimate of drug-likeness (QED) is 0.109. The van der Waals surface area contributed by atoms with Gasteiger partial charge in [0.15, 0.2) is 0 Å². The highest BCUT2D eigenvalue weighted by molar-refractivity contribution is 7.99. The molecule has 1 aromatic heterocycles. The van der Waals surface area contributed by atoms with Crippen LogP contribution in [0.3, 0.4) is 0 Å². The van der Waals surface area contributed by atoms with Gasteiger partial charge in [0.2, 0.25) is 0 Å². The molecule has 0 aliphatic rings. The lowest BCUT2D eigenvalue weighted by atomic mass is 10.0. The number of hydrogen-bond donors (Lipinski definition) is 0. The Bertz CT molecular complexity index is 737. The summed E-state index contributed by atoms with van der Waals surface area (Å²) in [7, 11) is 0. The summed E-state index contributed by atoms with van der Waals surface area (Å²) in [5, 5.41) is 0. The van der Waals surface area contributed by atoms with E-state index in [1.807, 2.05) is 11.8 Å². The Hall–Kier alpha value is -1.28. The Kier molecular flexibility index (Phi) is 18.7. The van der Waals surface area contributed by atoms with Gasteiger partial charge in [0.1, 0.15) is 0 Å². The molecule has 0 spiro atoms. The summed E-state index contributed by atoms with van der Waals surface area (Å²) < 4.78 is 0. The van der Waals surface area contributed by atoms with Crippen molar-refractivity contribution in [3.8, 4) is 11.3 Å². The number of unbranched alkanes of at least 4 members (excludes halogenated alkanes) is 17. The molecule has 1 heterocycles. The Morgan fingerprint density at radius 3 is 1.53 bits per heavy atom. The highest BCUT2D eigenvalue weighted by Crippen LogP contribution is 2.25. The number of nitrogens with zero attached hydrogens (tertiary/aromatic N) is 1. The second-order valence-corrected chi connectivity index (χ2v) is 11.9. The molecule has 1 aromatic carbocycles. The van der Waals surface area contributed by atoms with E-state index in [2.05, 4.69) is 56.4 Å². The van der Waals surface area contributed by atoms with Gasteiger partial charge in [-0.05, 0) is 48.8 Å². The minimum absolute atomic E-state index is 1.09. The van der Waals surface area contributed by atoms with Gasteiger partial charge in [-0.1, -0.05) is 141 Å². The maximum absolute atomic E-state index is 4.76. The van der Waals surface area contributed by atoms with Crippen LogP contribution in [0.1, 0.15) is 141 Å². The molecule has 0 bridgehead atoms. The van der Waals surface area contributed by atoms with Gasteiger partial charge >= 0.3 is 0 Å². The summed E-state index contributed by atoms with van der Waals surface area (Å²) in [4.78, 5) is 6.15. The third kappa shape index (κ3) is 15.1. The Balaban J connectivity index is 1.53. The largest absolute Gasteiger partial charge is 0.256 e. The first-order valence-corrected chi connectivity index (χ1v) is 16.5. The van der Waals surface area contributed by atoms with Crippen LogP contribution in [-0.2, 0) is 6.42 Å². The third-order valence-corrected chi connectivity index (χ3v) is 8.41. The maximum atomic E-state index is 4.76. The summed E-state index contributed by atoms with van der Waals surface area (Å²) >= 11 is 2.00. The monoisotopic (exact) mass is 509 g/mol. The zero-order valence-corrected chi connectivity index (χ0v) is 24.6. The summed E-state index contributed by atoms with van der Waals surface area (Å²) in [6.07, 6.45) is 29.8. The van der Waals surface area contributed by atoms with Gasteiger partial charge in [0, 0.05) is 16.7 Å². The fraction of sp³-hybridized carbons (Fsp3) is 0.676. The van der Waals surface area contributed by atoms with Gasteiger partial charge in [-0.3, -0.25) is 4.98 Å². The number of rotatable bonds is 23. The molecule has 0 radical (unpaired) electrons. The van der Waals surface area contributed by atoms with E-state index in [-0.39, 0.29) is 0 Å². The van der Waals surface area contributed by atoms with Gasteiger partial charge in [-0.25, -0.2) is 0 Å². The van der Waals surface area contributed by atoms with Gasteiger partial charge < -0.3 is 0 Å². The Morgan fingerprint density at radius 1 is 0.528 bits per heavy atom. The normalized spacial score (nSPS) is 11.3. The molecule has 0 saturated carbocycles. The van der Waals surface area contributed by atoms with Crippen LogP contribution in [0.25, 0.3) is 11.3 Å². The first-order chi connectivity index (χ1) is 17.8. The lowest BCUT2D eigenvalue weighted by Crippen LogP contribution is -1.90. The molecule has 36 heavy (non-hydrogen) atoms. The molecular formula is C34H55NS. The van der Waals surface area contributed by atoms with E-state index in [0.29, 0.717) is 0 Å². The van der Waals surface area contributed by atoms with Gasteiger partial charge in [-0.2, -0.15) is 0 Å². The molecule has 0 atom stereocenters. The maximum Gasteiger partial charge on any atom is 0.0702 e. The molecule has 0 unspecified atom stereocenters. The minimum Gasteiger partial charge on any atom is -0.256 e. The average molecular weight is 510 g/mol. The highest BCUT2D eigenvalue weighted by atomic mass is 32.2. The van der Waals surface area contributed by atoms with Crippen molar-refractivity contribution in [2.45, 2.75) is 147 Å². The van der Waals surface area contributed by atoms with Crippen molar-refractivity contribution in [3.05, 3.63) is 48.2 Å². The van der Waals surface area contributed by atoms with Gasteiger partial charge in [0.25, 0.3) is 0 Å². The van der Waals surface area contributed by atoms with Crippen LogP contribution in [-0.4, -0.2) is 10.7 Å². The van der Waals surface area contributed by atoms with Gasteiger partial charge in [-0.15, -0.1) is 11.8 Å². The lowest BCUT2D eigenvalue weighted by molar-refractivity contribution is 0.549. The standard InChI is InChI=1S/C34H55NS/c1-3-5-7-9-11-13-14-15-16-18-20-22-31-23-28-34(35-30-31)32-24-26-33(27-25-32)36-29-21-19-17-12-10-8-6-4-2/h23-28,30H,3-22,29H2,1-2H3. The summed E-state index contributed by atoms with van der Waals surface area (Å²) in [5.74, 6) is 1.24. The van der Waals surface area contributed by atoms with Crippen molar-refractivity contribution in [2.75, 3.05) is 5.75 Å². The van der Waals surface area contributed by atoms with Crippen molar-refractivity contribution in [2.24, 2.45) is 0 Å². The van der Waals surface area contributed by atoms with E-state index in [0.717, 1.165) is 5.69 Å². The van der Waals surface area contributed by atoms with Crippen LogP contribution in [0.4, 0.5) is 0 Å². The summed E-state index contributed by atoms with van der Waals surface area (Å²) in [6.45, 7) is 4.58. The molecule has 0 fully saturated rings. The summed E-state index contributed by atoms with van der Waals surface area (Å²) in [6, 6.07) is 13.5. The molecule has 0 N–H and O–H groups in total. The van der Waals surface area contributed by atoms with Crippen LogP contribution in [0.2, 0.25) is 0 Å². The first kappa shape index (κ1) is 30.9. The second-order valence-electron chi connectivity index (χ2n) is 10.7. The van der Waals surface area contributed by atoms with Crippen LogP contribution in [0, 0.1) is 0 Å². The predicted octanol–water partition coefficient (Wildman–Crippen LogP) is 11.8. The van der Waals surface area contributed by atoms with Crippen LogP contribution in [0.15, 0.2) is 47.5 Å². The number of thioether (sulfide) groups is 1. The topological polar surface area (TPSA) is 12.9 Å². The third-order valence-electron chi connectivity index (χ3n) is 7.31. The van der Waals surface area contributed by atoms with E-state index < -0.39 is 0 Å². The number of pyridine rings is 1. The summed E-state index contributed by atoms with van der Waals surface area (Å²) in [5.41, 5.74) is 3.71. The van der Waals surface area contributed by atoms with Crippen molar-refractivity contribution in [1.82, 2.24) is 4.98 Å². The molecule has 0 saturated heterocycles. The van der Waals surface area contributed by atoms with Crippen molar-refractivity contribution in [1.29, 1.82) is 0 Å². The van der Waals surface area contributed by atoms with Crippen LogP contribution in [0.5, 0.6) is 0 Å². The number of hydrogen-bond acceptors (Lipinski definition) is 2. The fourth-order valence-electron chi connectivity index (χ4n) is 4.88. The van der Waals surface area contributed by atoms with Crippen molar-refractivity contribution < 1.29 is 0 Å². The van der Waals surface area contributed by atoms with E-state index in [9.17, 15) is 0 Å². The zero-order valence-electron chi connectivity index (χ0n) is 23.7. The molecule has 0 aliphatic heterocycles. The average Bonchev–Trinajstić information content (AvgIpc) is 2.91. The zero-order chi connectivity index (χ0) is 25.5.